The Morgan fingerprint density at radius 2 is 1.78 bits per heavy atom. The summed E-state index contributed by atoms with van der Waals surface area (Å²) in [6, 6.07) is 10.4. The summed E-state index contributed by atoms with van der Waals surface area (Å²) in [6.45, 7) is 1.44. The summed E-state index contributed by atoms with van der Waals surface area (Å²) >= 11 is 0. The average Bonchev–Trinajstić information content (AvgIpc) is 2.67. The van der Waals surface area contributed by atoms with Crippen molar-refractivity contribution in [3.05, 3.63) is 59.9 Å². The largest absolute Gasteiger partial charge is 0.497 e. The van der Waals surface area contributed by atoms with Gasteiger partial charge in [-0.25, -0.2) is 9.18 Å². The van der Waals surface area contributed by atoms with Crippen molar-refractivity contribution in [3.8, 4) is 11.5 Å². The zero-order valence-corrected chi connectivity index (χ0v) is 15.2. The third-order valence-corrected chi connectivity index (χ3v) is 3.61. The molecule has 0 bridgehead atoms. The molecule has 0 aliphatic rings. The number of esters is 1. The molecule has 2 rings (SSSR count). The van der Waals surface area contributed by atoms with Crippen LogP contribution in [-0.4, -0.2) is 32.2 Å². The molecular formula is C20H20FNO5. The number of benzene rings is 2. The first-order valence-electron chi connectivity index (χ1n) is 8.10. The summed E-state index contributed by atoms with van der Waals surface area (Å²) in [5.41, 5.74) is 1.06. The lowest BCUT2D eigenvalue weighted by molar-refractivity contribution is -0.148. The summed E-state index contributed by atoms with van der Waals surface area (Å²) < 4.78 is 28.3. The quantitative estimate of drug-likeness (QED) is 0.595. The van der Waals surface area contributed by atoms with Gasteiger partial charge in [0.15, 0.2) is 6.10 Å². The van der Waals surface area contributed by atoms with Crippen LogP contribution in [-0.2, 0) is 14.3 Å². The van der Waals surface area contributed by atoms with Gasteiger partial charge in [0, 0.05) is 23.4 Å². The summed E-state index contributed by atoms with van der Waals surface area (Å²) in [6.07, 6.45) is 1.70. The normalized spacial score (nSPS) is 11.7. The van der Waals surface area contributed by atoms with E-state index in [9.17, 15) is 14.0 Å². The van der Waals surface area contributed by atoms with E-state index in [0.29, 0.717) is 22.7 Å². The van der Waals surface area contributed by atoms with Crippen LogP contribution in [0, 0.1) is 5.82 Å². The molecule has 0 aliphatic carbocycles. The Hall–Kier alpha value is -3.35. The highest BCUT2D eigenvalue weighted by Crippen LogP contribution is 2.25. The van der Waals surface area contributed by atoms with Gasteiger partial charge in [-0.05, 0) is 49.4 Å². The van der Waals surface area contributed by atoms with Gasteiger partial charge in [0.2, 0.25) is 0 Å². The number of nitrogens with one attached hydrogen (secondary N) is 1. The fraction of sp³-hybridized carbons (Fsp3) is 0.200. The molecule has 0 aromatic heterocycles. The van der Waals surface area contributed by atoms with Gasteiger partial charge in [-0.2, -0.15) is 0 Å². The minimum absolute atomic E-state index is 0.405. The predicted octanol–water partition coefficient (Wildman–Crippen LogP) is 3.43. The predicted molar refractivity (Wildman–Crippen MR) is 99.2 cm³/mol. The fourth-order valence-corrected chi connectivity index (χ4v) is 2.16. The molecule has 0 heterocycles. The minimum atomic E-state index is -1.02. The van der Waals surface area contributed by atoms with E-state index in [2.05, 4.69) is 5.32 Å². The number of anilines is 1. The maximum Gasteiger partial charge on any atom is 0.331 e. The van der Waals surface area contributed by atoms with E-state index in [1.54, 1.807) is 25.3 Å². The van der Waals surface area contributed by atoms with Gasteiger partial charge in [0.25, 0.3) is 5.91 Å². The topological polar surface area (TPSA) is 73.9 Å². The molecule has 2 aromatic rings. The van der Waals surface area contributed by atoms with Gasteiger partial charge in [0.1, 0.15) is 17.3 Å². The van der Waals surface area contributed by atoms with Crippen LogP contribution in [0.4, 0.5) is 10.1 Å². The van der Waals surface area contributed by atoms with Crippen molar-refractivity contribution in [2.75, 3.05) is 19.5 Å². The second-order valence-corrected chi connectivity index (χ2v) is 5.52. The van der Waals surface area contributed by atoms with Crippen LogP contribution in [0.3, 0.4) is 0 Å². The molecule has 7 heteroatoms. The van der Waals surface area contributed by atoms with Crippen molar-refractivity contribution in [2.45, 2.75) is 13.0 Å². The molecule has 1 amide bonds. The highest BCUT2D eigenvalue weighted by Gasteiger charge is 2.16. The van der Waals surface area contributed by atoms with Crippen LogP contribution >= 0.6 is 0 Å². The van der Waals surface area contributed by atoms with E-state index in [4.69, 9.17) is 14.2 Å². The zero-order chi connectivity index (χ0) is 19.8. The lowest BCUT2D eigenvalue weighted by atomic mass is 10.1. The monoisotopic (exact) mass is 373 g/mol. The standard InChI is InChI=1S/C20H20FNO5/c1-13(20(24)22-16-8-6-15(21)7-9-16)27-19(23)11-5-14-4-10-17(25-2)12-18(14)26-3/h4-13H,1-3H3,(H,22,24)/b11-5+/t13-/m0/s1. The number of methoxy groups -OCH3 is 2. The van der Waals surface area contributed by atoms with Crippen LogP contribution in [0.15, 0.2) is 48.5 Å². The number of carbonyl (C=O) groups is 2. The number of rotatable bonds is 7. The van der Waals surface area contributed by atoms with E-state index < -0.39 is 23.8 Å². The smallest absolute Gasteiger partial charge is 0.331 e. The van der Waals surface area contributed by atoms with Gasteiger partial charge < -0.3 is 19.5 Å². The lowest BCUT2D eigenvalue weighted by Gasteiger charge is -2.12. The van der Waals surface area contributed by atoms with E-state index in [1.165, 1.54) is 50.5 Å². The molecule has 0 spiro atoms. The molecule has 27 heavy (non-hydrogen) atoms. The van der Waals surface area contributed by atoms with Gasteiger partial charge in [-0.1, -0.05) is 0 Å². The maximum absolute atomic E-state index is 12.9. The Kier molecular flexibility index (Phi) is 6.93. The second kappa shape index (κ2) is 9.38. The van der Waals surface area contributed by atoms with E-state index in [0.717, 1.165) is 0 Å². The van der Waals surface area contributed by atoms with Crippen molar-refractivity contribution < 1.29 is 28.2 Å². The first-order chi connectivity index (χ1) is 12.9. The molecule has 0 saturated heterocycles. The lowest BCUT2D eigenvalue weighted by Crippen LogP contribution is -2.29. The number of amides is 1. The van der Waals surface area contributed by atoms with Gasteiger partial charge in [-0.15, -0.1) is 0 Å². The number of halogens is 1. The van der Waals surface area contributed by atoms with Gasteiger partial charge in [-0.3, -0.25) is 4.79 Å². The summed E-state index contributed by atoms with van der Waals surface area (Å²) in [7, 11) is 3.05. The Bertz CT molecular complexity index is 833. The van der Waals surface area contributed by atoms with E-state index in [1.807, 2.05) is 0 Å². The van der Waals surface area contributed by atoms with Crippen LogP contribution in [0.1, 0.15) is 12.5 Å². The first-order valence-corrected chi connectivity index (χ1v) is 8.10. The second-order valence-electron chi connectivity index (χ2n) is 5.52. The summed E-state index contributed by atoms with van der Waals surface area (Å²) in [5.74, 6) is -0.468. The Labute approximate surface area is 156 Å². The molecule has 0 fully saturated rings. The highest BCUT2D eigenvalue weighted by molar-refractivity contribution is 5.96. The fourth-order valence-electron chi connectivity index (χ4n) is 2.16. The van der Waals surface area contributed by atoms with Crippen LogP contribution < -0.4 is 14.8 Å². The van der Waals surface area contributed by atoms with Crippen LogP contribution in [0.25, 0.3) is 6.08 Å². The third-order valence-electron chi connectivity index (χ3n) is 3.61. The molecule has 0 saturated carbocycles. The van der Waals surface area contributed by atoms with Crippen molar-refractivity contribution in [1.82, 2.24) is 0 Å². The molecule has 0 radical (unpaired) electrons. The van der Waals surface area contributed by atoms with Gasteiger partial charge >= 0.3 is 5.97 Å². The number of hydrogen-bond acceptors (Lipinski definition) is 5. The maximum atomic E-state index is 12.9. The molecule has 1 atom stereocenters. The van der Waals surface area contributed by atoms with E-state index >= 15 is 0 Å². The third kappa shape index (κ3) is 5.85. The van der Waals surface area contributed by atoms with Crippen molar-refractivity contribution in [1.29, 1.82) is 0 Å². The van der Waals surface area contributed by atoms with Crippen LogP contribution in [0.5, 0.6) is 11.5 Å². The SMILES string of the molecule is COc1ccc(/C=C/C(=O)O[C@@H](C)C(=O)Nc2ccc(F)cc2)c(OC)c1. The summed E-state index contributed by atoms with van der Waals surface area (Å²) in [4.78, 5) is 24.0. The van der Waals surface area contributed by atoms with Crippen molar-refractivity contribution in [3.63, 3.8) is 0 Å². The summed E-state index contributed by atoms with van der Waals surface area (Å²) in [5, 5.41) is 2.54. The molecule has 2 aromatic carbocycles. The zero-order valence-electron chi connectivity index (χ0n) is 15.2. The number of hydrogen-bond donors (Lipinski definition) is 1. The van der Waals surface area contributed by atoms with Crippen molar-refractivity contribution >= 4 is 23.6 Å². The van der Waals surface area contributed by atoms with Crippen LogP contribution in [0.2, 0.25) is 0 Å². The van der Waals surface area contributed by atoms with Crippen molar-refractivity contribution in [2.24, 2.45) is 0 Å². The number of carbonyl (C=O) groups excluding carboxylic acids is 2. The molecule has 1 N–H and O–H groups in total. The molecule has 142 valence electrons. The highest BCUT2D eigenvalue weighted by atomic mass is 19.1. The molecule has 6 nitrogen and oxygen atoms in total. The Balaban J connectivity index is 1.95. The Morgan fingerprint density at radius 1 is 1.07 bits per heavy atom. The average molecular weight is 373 g/mol. The first kappa shape index (κ1) is 20.0. The minimum Gasteiger partial charge on any atom is -0.497 e. The molecular weight excluding hydrogens is 353 g/mol. The Morgan fingerprint density at radius 3 is 2.41 bits per heavy atom. The van der Waals surface area contributed by atoms with Gasteiger partial charge in [0.05, 0.1) is 14.2 Å². The molecule has 0 unspecified atom stereocenters. The number of ether oxygens (including phenoxy) is 3. The molecule has 0 aliphatic heterocycles. The van der Waals surface area contributed by atoms with E-state index in [-0.39, 0.29) is 0 Å².